The Labute approximate surface area is 117 Å². The maximum atomic E-state index is 11.4. The summed E-state index contributed by atoms with van der Waals surface area (Å²) in [5, 5.41) is 2.70. The molecule has 2 aliphatic carbocycles. The van der Waals surface area contributed by atoms with Crippen molar-refractivity contribution in [3.8, 4) is 0 Å². The fraction of sp³-hybridized carbons (Fsp3) is 0.714. The Morgan fingerprint density at radius 2 is 2.37 bits per heavy atom. The van der Waals surface area contributed by atoms with Gasteiger partial charge in [-0.2, -0.15) is 0 Å². The van der Waals surface area contributed by atoms with Crippen molar-refractivity contribution in [1.29, 1.82) is 0 Å². The van der Waals surface area contributed by atoms with Crippen LogP contribution in [-0.2, 0) is 4.74 Å². The lowest BCUT2D eigenvalue weighted by Gasteiger charge is -2.26. The first-order chi connectivity index (χ1) is 9.17. The van der Waals surface area contributed by atoms with E-state index in [-0.39, 0.29) is 5.97 Å². The van der Waals surface area contributed by atoms with Gasteiger partial charge in [0.2, 0.25) is 0 Å². The standard InChI is InChI=1S/C14H20N2O2S/c1-16(7-11-6-9-3-4-10(11)5-9)14-15-12(8-19-14)13(17)18-2/h8-11H,3-7H2,1-2H3. The number of esters is 1. The van der Waals surface area contributed by atoms with Gasteiger partial charge < -0.3 is 9.64 Å². The number of fused-ring (bicyclic) bond motifs is 2. The van der Waals surface area contributed by atoms with Crippen molar-refractivity contribution in [2.45, 2.75) is 25.7 Å². The molecule has 3 unspecified atom stereocenters. The fourth-order valence-electron chi connectivity index (χ4n) is 3.67. The number of hydrogen-bond acceptors (Lipinski definition) is 5. The van der Waals surface area contributed by atoms with E-state index in [1.807, 2.05) is 0 Å². The van der Waals surface area contributed by atoms with Crippen LogP contribution in [0.5, 0.6) is 0 Å². The first-order valence-corrected chi connectivity index (χ1v) is 7.80. The second-order valence-electron chi connectivity index (χ2n) is 5.82. The molecule has 0 aromatic carbocycles. The molecule has 104 valence electrons. The largest absolute Gasteiger partial charge is 0.464 e. The third-order valence-electron chi connectivity index (χ3n) is 4.61. The molecule has 19 heavy (non-hydrogen) atoms. The molecule has 2 saturated carbocycles. The van der Waals surface area contributed by atoms with Crippen molar-refractivity contribution < 1.29 is 9.53 Å². The van der Waals surface area contributed by atoms with Crippen LogP contribution in [0, 0.1) is 17.8 Å². The molecule has 0 spiro atoms. The number of nitrogens with zero attached hydrogens (tertiary/aromatic N) is 2. The summed E-state index contributed by atoms with van der Waals surface area (Å²) >= 11 is 1.52. The highest BCUT2D eigenvalue weighted by Gasteiger charge is 2.39. The third-order valence-corrected chi connectivity index (χ3v) is 5.56. The van der Waals surface area contributed by atoms with Crippen molar-refractivity contribution >= 4 is 22.4 Å². The summed E-state index contributed by atoms with van der Waals surface area (Å²) in [7, 11) is 3.46. The van der Waals surface area contributed by atoms with E-state index >= 15 is 0 Å². The van der Waals surface area contributed by atoms with Crippen LogP contribution in [0.2, 0.25) is 0 Å². The van der Waals surface area contributed by atoms with Gasteiger partial charge in [0, 0.05) is 19.0 Å². The first kappa shape index (κ1) is 12.9. The highest BCUT2D eigenvalue weighted by atomic mass is 32.1. The second-order valence-corrected chi connectivity index (χ2v) is 6.66. The molecular weight excluding hydrogens is 260 g/mol. The van der Waals surface area contributed by atoms with Crippen molar-refractivity contribution in [3.05, 3.63) is 11.1 Å². The summed E-state index contributed by atoms with van der Waals surface area (Å²) in [4.78, 5) is 18.0. The van der Waals surface area contributed by atoms with Crippen molar-refractivity contribution in [1.82, 2.24) is 4.98 Å². The molecule has 0 N–H and O–H groups in total. The molecule has 4 nitrogen and oxygen atoms in total. The van der Waals surface area contributed by atoms with Gasteiger partial charge in [-0.25, -0.2) is 9.78 Å². The normalized spacial score (nSPS) is 28.6. The minimum Gasteiger partial charge on any atom is -0.464 e. The fourth-order valence-corrected chi connectivity index (χ4v) is 4.44. The summed E-state index contributed by atoms with van der Waals surface area (Å²) in [6.07, 6.45) is 5.66. The van der Waals surface area contributed by atoms with Crippen molar-refractivity contribution in [2.24, 2.45) is 17.8 Å². The van der Waals surface area contributed by atoms with Gasteiger partial charge in [0.05, 0.1) is 7.11 Å². The monoisotopic (exact) mass is 280 g/mol. The molecule has 1 aromatic heterocycles. The molecule has 0 amide bonds. The van der Waals surface area contributed by atoms with E-state index in [0.29, 0.717) is 5.69 Å². The number of carbonyl (C=O) groups excluding carboxylic acids is 1. The number of thiazole rings is 1. The number of rotatable bonds is 4. The molecule has 1 heterocycles. The number of ether oxygens (including phenoxy) is 1. The van der Waals surface area contributed by atoms with E-state index in [1.54, 1.807) is 5.38 Å². The number of hydrogen-bond donors (Lipinski definition) is 0. The summed E-state index contributed by atoms with van der Waals surface area (Å²) in [6.45, 7) is 1.06. The highest BCUT2D eigenvalue weighted by Crippen LogP contribution is 2.48. The Bertz CT molecular complexity index is 474. The first-order valence-electron chi connectivity index (χ1n) is 6.92. The summed E-state index contributed by atoms with van der Waals surface area (Å²) in [5.41, 5.74) is 0.419. The minimum atomic E-state index is -0.351. The zero-order valence-corrected chi connectivity index (χ0v) is 12.3. The predicted molar refractivity (Wildman–Crippen MR) is 75.7 cm³/mol. The zero-order valence-electron chi connectivity index (χ0n) is 11.5. The van der Waals surface area contributed by atoms with E-state index in [2.05, 4.69) is 21.7 Å². The Morgan fingerprint density at radius 3 is 3.00 bits per heavy atom. The van der Waals surface area contributed by atoms with E-state index in [0.717, 1.165) is 29.4 Å². The van der Waals surface area contributed by atoms with Crippen LogP contribution in [0.25, 0.3) is 0 Å². The number of anilines is 1. The average molecular weight is 280 g/mol. The van der Waals surface area contributed by atoms with Crippen LogP contribution >= 0.6 is 11.3 Å². The number of methoxy groups -OCH3 is 1. The Balaban J connectivity index is 1.62. The van der Waals surface area contributed by atoms with Gasteiger partial charge in [-0.05, 0) is 37.0 Å². The van der Waals surface area contributed by atoms with E-state index < -0.39 is 0 Å². The smallest absolute Gasteiger partial charge is 0.357 e. The van der Waals surface area contributed by atoms with Crippen LogP contribution in [0.3, 0.4) is 0 Å². The minimum absolute atomic E-state index is 0.351. The van der Waals surface area contributed by atoms with Crippen LogP contribution in [-0.4, -0.2) is 31.7 Å². The Kier molecular flexibility index (Phi) is 3.48. The van der Waals surface area contributed by atoms with E-state index in [9.17, 15) is 4.79 Å². The molecule has 2 fully saturated rings. The molecule has 5 heteroatoms. The molecular formula is C14H20N2O2S. The SMILES string of the molecule is COC(=O)c1csc(N(C)CC2CC3CCC2C3)n1. The maximum Gasteiger partial charge on any atom is 0.357 e. The average Bonchev–Trinajstić information content (AvgIpc) is 3.13. The topological polar surface area (TPSA) is 42.4 Å². The van der Waals surface area contributed by atoms with E-state index in [1.165, 1.54) is 44.1 Å². The second kappa shape index (κ2) is 5.12. The summed E-state index contributed by atoms with van der Waals surface area (Å²) < 4.78 is 4.69. The van der Waals surface area contributed by atoms with Gasteiger partial charge in [0.15, 0.2) is 10.8 Å². The van der Waals surface area contributed by atoms with Crippen LogP contribution in [0.4, 0.5) is 5.13 Å². The van der Waals surface area contributed by atoms with Crippen LogP contribution in [0.15, 0.2) is 5.38 Å². The Morgan fingerprint density at radius 1 is 1.53 bits per heavy atom. The number of aromatic nitrogens is 1. The predicted octanol–water partition coefficient (Wildman–Crippen LogP) is 2.80. The molecule has 3 rings (SSSR count). The highest BCUT2D eigenvalue weighted by molar-refractivity contribution is 7.13. The van der Waals surface area contributed by atoms with Gasteiger partial charge in [-0.3, -0.25) is 0 Å². The quantitative estimate of drug-likeness (QED) is 0.795. The van der Waals surface area contributed by atoms with Crippen LogP contribution < -0.4 is 4.90 Å². The van der Waals surface area contributed by atoms with Gasteiger partial charge in [-0.1, -0.05) is 6.42 Å². The van der Waals surface area contributed by atoms with Crippen LogP contribution in [0.1, 0.15) is 36.2 Å². The lowest BCUT2D eigenvalue weighted by molar-refractivity contribution is 0.0595. The zero-order chi connectivity index (χ0) is 13.4. The van der Waals surface area contributed by atoms with Gasteiger partial charge in [0.1, 0.15) is 0 Å². The lowest BCUT2D eigenvalue weighted by atomic mass is 9.88. The number of carbonyl (C=O) groups is 1. The molecule has 2 aliphatic rings. The van der Waals surface area contributed by atoms with Gasteiger partial charge in [-0.15, -0.1) is 11.3 Å². The molecule has 2 bridgehead atoms. The van der Waals surface area contributed by atoms with Crippen molar-refractivity contribution in [3.63, 3.8) is 0 Å². The van der Waals surface area contributed by atoms with Gasteiger partial charge >= 0.3 is 5.97 Å². The van der Waals surface area contributed by atoms with Gasteiger partial charge in [0.25, 0.3) is 0 Å². The molecule has 0 saturated heterocycles. The molecule has 3 atom stereocenters. The summed E-state index contributed by atoms with van der Waals surface area (Å²) in [6, 6.07) is 0. The molecule has 0 radical (unpaired) electrons. The lowest BCUT2D eigenvalue weighted by Crippen LogP contribution is -2.28. The molecule has 1 aromatic rings. The van der Waals surface area contributed by atoms with E-state index in [4.69, 9.17) is 0 Å². The van der Waals surface area contributed by atoms with Crippen molar-refractivity contribution in [2.75, 3.05) is 25.6 Å². The molecule has 0 aliphatic heterocycles. The maximum absolute atomic E-state index is 11.4. The third kappa shape index (κ3) is 2.48. The Hall–Kier alpha value is -1.10. The summed E-state index contributed by atoms with van der Waals surface area (Å²) in [5.74, 6) is 2.36.